The molecule has 1 saturated carbocycles. The Morgan fingerprint density at radius 1 is 1.44 bits per heavy atom. The molecule has 100 valence electrons. The molecule has 1 aliphatic carbocycles. The molecule has 2 N–H and O–H groups in total. The normalized spacial score (nSPS) is 32.5. The van der Waals surface area contributed by atoms with Gasteiger partial charge in [-0.1, -0.05) is 31.5 Å². The third kappa shape index (κ3) is 2.86. The molecule has 3 heteroatoms. The lowest BCUT2D eigenvalue weighted by Gasteiger charge is -2.42. The third-order valence-corrected chi connectivity index (χ3v) is 4.73. The first kappa shape index (κ1) is 13.8. The standard InChI is InChI=1S/C15H21ClFN/c1-10-5-6-15(18,11(2)7-10)9-12-3-4-13(17)8-14(12)16/h3-4,8,10-11H,5-7,9,18H2,1-2H3. The van der Waals surface area contributed by atoms with E-state index in [1.54, 1.807) is 6.07 Å². The molecule has 0 spiro atoms. The van der Waals surface area contributed by atoms with Crippen LogP contribution in [0.4, 0.5) is 4.39 Å². The highest BCUT2D eigenvalue weighted by Crippen LogP contribution is 2.38. The topological polar surface area (TPSA) is 26.0 Å². The summed E-state index contributed by atoms with van der Waals surface area (Å²) in [6, 6.07) is 4.59. The summed E-state index contributed by atoms with van der Waals surface area (Å²) in [5.41, 5.74) is 7.31. The lowest BCUT2D eigenvalue weighted by Crippen LogP contribution is -2.51. The second kappa shape index (κ2) is 5.18. The molecule has 1 fully saturated rings. The van der Waals surface area contributed by atoms with Crippen molar-refractivity contribution in [2.75, 3.05) is 0 Å². The lowest BCUT2D eigenvalue weighted by molar-refractivity contribution is 0.163. The fourth-order valence-corrected chi connectivity index (χ4v) is 3.23. The molecule has 1 aromatic carbocycles. The predicted octanol–water partition coefficient (Wildman–Crippen LogP) is 4.18. The van der Waals surface area contributed by atoms with E-state index in [1.165, 1.54) is 18.6 Å². The maximum Gasteiger partial charge on any atom is 0.124 e. The van der Waals surface area contributed by atoms with E-state index in [0.29, 0.717) is 10.9 Å². The summed E-state index contributed by atoms with van der Waals surface area (Å²) in [6.07, 6.45) is 4.08. The van der Waals surface area contributed by atoms with E-state index in [2.05, 4.69) is 13.8 Å². The Hall–Kier alpha value is -0.600. The van der Waals surface area contributed by atoms with Gasteiger partial charge in [0.2, 0.25) is 0 Å². The quantitative estimate of drug-likeness (QED) is 0.857. The molecule has 1 nitrogen and oxygen atoms in total. The second-order valence-electron chi connectivity index (χ2n) is 5.93. The number of nitrogens with two attached hydrogens (primary N) is 1. The Bertz CT molecular complexity index is 435. The SMILES string of the molecule is CC1CCC(N)(Cc2ccc(F)cc2Cl)C(C)C1. The van der Waals surface area contributed by atoms with Gasteiger partial charge in [-0.05, 0) is 55.2 Å². The number of hydrogen-bond donors (Lipinski definition) is 1. The van der Waals surface area contributed by atoms with Crippen LogP contribution in [0.2, 0.25) is 5.02 Å². The van der Waals surface area contributed by atoms with Crippen molar-refractivity contribution in [1.82, 2.24) is 0 Å². The van der Waals surface area contributed by atoms with Crippen molar-refractivity contribution in [3.05, 3.63) is 34.6 Å². The van der Waals surface area contributed by atoms with E-state index in [1.807, 2.05) is 0 Å². The van der Waals surface area contributed by atoms with E-state index >= 15 is 0 Å². The van der Waals surface area contributed by atoms with Crippen molar-refractivity contribution < 1.29 is 4.39 Å². The van der Waals surface area contributed by atoms with Gasteiger partial charge in [0, 0.05) is 10.6 Å². The first-order valence-corrected chi connectivity index (χ1v) is 7.01. The highest BCUT2D eigenvalue weighted by molar-refractivity contribution is 6.31. The van der Waals surface area contributed by atoms with Crippen LogP contribution < -0.4 is 5.73 Å². The number of rotatable bonds is 2. The van der Waals surface area contributed by atoms with Gasteiger partial charge in [0.25, 0.3) is 0 Å². The fraction of sp³-hybridized carbons (Fsp3) is 0.600. The zero-order valence-electron chi connectivity index (χ0n) is 11.0. The summed E-state index contributed by atoms with van der Waals surface area (Å²) in [4.78, 5) is 0. The molecule has 0 aromatic heterocycles. The van der Waals surface area contributed by atoms with Gasteiger partial charge in [0.1, 0.15) is 5.82 Å². The highest BCUT2D eigenvalue weighted by Gasteiger charge is 2.37. The molecule has 0 aliphatic heterocycles. The number of halogens is 2. The Labute approximate surface area is 114 Å². The van der Waals surface area contributed by atoms with E-state index in [4.69, 9.17) is 17.3 Å². The Morgan fingerprint density at radius 3 is 2.78 bits per heavy atom. The van der Waals surface area contributed by atoms with Crippen LogP contribution in [-0.4, -0.2) is 5.54 Å². The van der Waals surface area contributed by atoms with Crippen LogP contribution in [0.1, 0.15) is 38.7 Å². The van der Waals surface area contributed by atoms with Gasteiger partial charge < -0.3 is 5.73 Å². The molecular weight excluding hydrogens is 249 g/mol. The minimum atomic E-state index is -0.292. The van der Waals surface area contributed by atoms with Gasteiger partial charge in [0.05, 0.1) is 0 Å². The summed E-state index contributed by atoms with van der Waals surface area (Å²) in [6.45, 7) is 4.49. The minimum Gasteiger partial charge on any atom is -0.325 e. The Balaban J connectivity index is 2.17. The summed E-state index contributed by atoms with van der Waals surface area (Å²) >= 11 is 6.09. The zero-order valence-corrected chi connectivity index (χ0v) is 11.8. The molecular formula is C15H21ClFN. The number of hydrogen-bond acceptors (Lipinski definition) is 1. The molecule has 0 heterocycles. The minimum absolute atomic E-state index is 0.200. The molecule has 3 atom stereocenters. The fourth-order valence-electron chi connectivity index (χ4n) is 3.00. The van der Waals surface area contributed by atoms with Crippen molar-refractivity contribution in [1.29, 1.82) is 0 Å². The van der Waals surface area contributed by atoms with Crippen molar-refractivity contribution in [2.24, 2.45) is 17.6 Å². The Kier molecular flexibility index (Phi) is 3.98. The number of benzene rings is 1. The van der Waals surface area contributed by atoms with E-state index in [0.717, 1.165) is 30.7 Å². The van der Waals surface area contributed by atoms with Crippen LogP contribution >= 0.6 is 11.6 Å². The van der Waals surface area contributed by atoms with E-state index in [-0.39, 0.29) is 11.4 Å². The first-order valence-electron chi connectivity index (χ1n) is 6.63. The predicted molar refractivity (Wildman–Crippen MR) is 74.2 cm³/mol. The molecule has 1 aromatic rings. The summed E-state index contributed by atoms with van der Waals surface area (Å²) in [5, 5.41) is 0.491. The summed E-state index contributed by atoms with van der Waals surface area (Å²) in [7, 11) is 0. The lowest BCUT2D eigenvalue weighted by atomic mass is 9.68. The highest BCUT2D eigenvalue weighted by atomic mass is 35.5. The van der Waals surface area contributed by atoms with Gasteiger partial charge in [-0.15, -0.1) is 0 Å². The maximum absolute atomic E-state index is 13.0. The van der Waals surface area contributed by atoms with Crippen molar-refractivity contribution in [2.45, 2.75) is 45.1 Å². The van der Waals surface area contributed by atoms with Crippen LogP contribution in [0.15, 0.2) is 18.2 Å². The van der Waals surface area contributed by atoms with Gasteiger partial charge in [-0.25, -0.2) is 4.39 Å². The first-order chi connectivity index (χ1) is 8.40. The van der Waals surface area contributed by atoms with Crippen molar-refractivity contribution in [3.63, 3.8) is 0 Å². The van der Waals surface area contributed by atoms with E-state index in [9.17, 15) is 4.39 Å². The van der Waals surface area contributed by atoms with Crippen LogP contribution in [0.3, 0.4) is 0 Å². The van der Waals surface area contributed by atoms with Crippen molar-refractivity contribution >= 4 is 11.6 Å². The van der Waals surface area contributed by atoms with Crippen LogP contribution in [-0.2, 0) is 6.42 Å². The van der Waals surface area contributed by atoms with Gasteiger partial charge in [-0.3, -0.25) is 0 Å². The maximum atomic E-state index is 13.0. The molecule has 1 aliphatic rings. The largest absolute Gasteiger partial charge is 0.325 e. The molecule has 0 bridgehead atoms. The second-order valence-corrected chi connectivity index (χ2v) is 6.33. The average molecular weight is 270 g/mol. The Morgan fingerprint density at radius 2 is 2.17 bits per heavy atom. The van der Waals surface area contributed by atoms with Crippen LogP contribution in [0.25, 0.3) is 0 Å². The molecule has 0 amide bonds. The van der Waals surface area contributed by atoms with Gasteiger partial charge in [-0.2, -0.15) is 0 Å². The van der Waals surface area contributed by atoms with Gasteiger partial charge in [0.15, 0.2) is 0 Å². The molecule has 0 radical (unpaired) electrons. The molecule has 0 saturated heterocycles. The smallest absolute Gasteiger partial charge is 0.124 e. The van der Waals surface area contributed by atoms with Gasteiger partial charge >= 0.3 is 0 Å². The van der Waals surface area contributed by atoms with Crippen LogP contribution in [0.5, 0.6) is 0 Å². The van der Waals surface area contributed by atoms with Crippen molar-refractivity contribution in [3.8, 4) is 0 Å². The summed E-state index contributed by atoms with van der Waals surface area (Å²) < 4.78 is 13.0. The summed E-state index contributed by atoms with van der Waals surface area (Å²) in [5.74, 6) is 0.933. The molecule has 2 rings (SSSR count). The van der Waals surface area contributed by atoms with Crippen LogP contribution in [0, 0.1) is 17.7 Å². The molecule has 3 unspecified atom stereocenters. The molecule has 18 heavy (non-hydrogen) atoms. The van der Waals surface area contributed by atoms with E-state index < -0.39 is 0 Å². The third-order valence-electron chi connectivity index (χ3n) is 4.37. The zero-order chi connectivity index (χ0) is 13.3. The average Bonchev–Trinajstić information content (AvgIpc) is 2.29. The monoisotopic (exact) mass is 269 g/mol.